The van der Waals surface area contributed by atoms with Gasteiger partial charge >= 0.3 is 0 Å². The van der Waals surface area contributed by atoms with E-state index in [-0.39, 0.29) is 23.7 Å². The Morgan fingerprint density at radius 1 is 1.11 bits per heavy atom. The summed E-state index contributed by atoms with van der Waals surface area (Å²) < 4.78 is 13.2. The maximum atomic E-state index is 13.2. The van der Waals surface area contributed by atoms with Gasteiger partial charge in [0.2, 0.25) is 5.91 Å². The summed E-state index contributed by atoms with van der Waals surface area (Å²) in [5.74, 6) is -0.281. The Balaban J connectivity index is 1.34. The zero-order chi connectivity index (χ0) is 18.9. The molecule has 0 atom stereocenters. The summed E-state index contributed by atoms with van der Waals surface area (Å²) >= 11 is 0. The Kier molecular flexibility index (Phi) is 4.64. The van der Waals surface area contributed by atoms with Crippen molar-refractivity contribution in [3.05, 3.63) is 65.7 Å². The van der Waals surface area contributed by atoms with Crippen LogP contribution in [0.25, 0.3) is 0 Å². The van der Waals surface area contributed by atoms with Crippen LogP contribution in [0.15, 0.2) is 48.8 Å². The standard InChI is InChI=1S/C21H22FN3O2/c22-17-5-3-16(4-6-17)21(9-10-21)20(27)25-12-7-18(8-13-25)24-19(26)15-2-1-11-23-14-15/h1-6,11,14,18H,7-10,12-13H2,(H,24,26). The Morgan fingerprint density at radius 3 is 2.41 bits per heavy atom. The van der Waals surface area contributed by atoms with Crippen molar-refractivity contribution >= 4 is 11.8 Å². The van der Waals surface area contributed by atoms with E-state index in [2.05, 4.69) is 10.3 Å². The van der Waals surface area contributed by atoms with Crippen LogP contribution in [0.5, 0.6) is 0 Å². The molecule has 1 saturated heterocycles. The number of carbonyl (C=O) groups is 2. The summed E-state index contributed by atoms with van der Waals surface area (Å²) in [4.78, 5) is 31.2. The minimum Gasteiger partial charge on any atom is -0.349 e. The molecule has 4 rings (SSSR count). The van der Waals surface area contributed by atoms with Gasteiger partial charge in [-0.1, -0.05) is 12.1 Å². The molecule has 5 nitrogen and oxygen atoms in total. The van der Waals surface area contributed by atoms with Crippen LogP contribution in [0, 0.1) is 5.82 Å². The third-order valence-corrected chi connectivity index (χ3v) is 5.60. The lowest BCUT2D eigenvalue weighted by molar-refractivity contribution is -0.135. The van der Waals surface area contributed by atoms with E-state index in [4.69, 9.17) is 0 Å². The predicted octanol–water partition coefficient (Wildman–Crippen LogP) is 2.67. The summed E-state index contributed by atoms with van der Waals surface area (Å²) in [6.07, 6.45) is 6.28. The van der Waals surface area contributed by atoms with E-state index in [0.29, 0.717) is 18.7 Å². The third-order valence-electron chi connectivity index (χ3n) is 5.60. The van der Waals surface area contributed by atoms with Crippen LogP contribution in [-0.2, 0) is 10.2 Å². The van der Waals surface area contributed by atoms with Crippen LogP contribution in [0.4, 0.5) is 4.39 Å². The van der Waals surface area contributed by atoms with Gasteiger partial charge in [-0.2, -0.15) is 0 Å². The fraction of sp³-hybridized carbons (Fsp3) is 0.381. The van der Waals surface area contributed by atoms with Gasteiger partial charge in [0.1, 0.15) is 5.82 Å². The van der Waals surface area contributed by atoms with Crippen molar-refractivity contribution in [1.29, 1.82) is 0 Å². The molecule has 6 heteroatoms. The van der Waals surface area contributed by atoms with Crippen molar-refractivity contribution < 1.29 is 14.0 Å². The number of likely N-dealkylation sites (tertiary alicyclic amines) is 1. The van der Waals surface area contributed by atoms with Crippen LogP contribution in [-0.4, -0.2) is 40.8 Å². The zero-order valence-corrected chi connectivity index (χ0v) is 15.0. The maximum absolute atomic E-state index is 13.2. The van der Waals surface area contributed by atoms with Gasteiger partial charge < -0.3 is 10.2 Å². The number of piperidine rings is 1. The SMILES string of the molecule is O=C(NC1CCN(C(=O)C2(c3ccc(F)cc3)CC2)CC1)c1cccnc1. The molecule has 0 unspecified atom stereocenters. The molecule has 1 aromatic heterocycles. The minimum absolute atomic E-state index is 0.0581. The smallest absolute Gasteiger partial charge is 0.253 e. The average molecular weight is 367 g/mol. The van der Waals surface area contributed by atoms with Crippen molar-refractivity contribution in [3.63, 3.8) is 0 Å². The molecule has 1 N–H and O–H groups in total. The number of hydrogen-bond acceptors (Lipinski definition) is 3. The van der Waals surface area contributed by atoms with Crippen LogP contribution < -0.4 is 5.32 Å². The first-order chi connectivity index (χ1) is 13.1. The fourth-order valence-corrected chi connectivity index (χ4v) is 3.82. The highest BCUT2D eigenvalue weighted by atomic mass is 19.1. The highest BCUT2D eigenvalue weighted by Crippen LogP contribution is 2.49. The lowest BCUT2D eigenvalue weighted by Crippen LogP contribution is -2.49. The first kappa shape index (κ1) is 17.6. The monoisotopic (exact) mass is 367 g/mol. The second-order valence-corrected chi connectivity index (χ2v) is 7.37. The summed E-state index contributed by atoms with van der Waals surface area (Å²) in [6, 6.07) is 9.82. The highest BCUT2D eigenvalue weighted by Gasteiger charge is 2.53. The molecule has 1 aliphatic carbocycles. The number of carbonyl (C=O) groups excluding carboxylic acids is 2. The fourth-order valence-electron chi connectivity index (χ4n) is 3.82. The second-order valence-electron chi connectivity index (χ2n) is 7.37. The van der Waals surface area contributed by atoms with Crippen LogP contribution in [0.1, 0.15) is 41.6 Å². The van der Waals surface area contributed by atoms with Crippen molar-refractivity contribution in [2.45, 2.75) is 37.1 Å². The van der Waals surface area contributed by atoms with E-state index in [1.807, 2.05) is 4.90 Å². The summed E-state index contributed by atoms with van der Waals surface area (Å²) in [5.41, 5.74) is 0.976. The molecule has 1 aromatic carbocycles. The molecule has 2 aromatic rings. The van der Waals surface area contributed by atoms with Crippen LogP contribution in [0.2, 0.25) is 0 Å². The van der Waals surface area contributed by atoms with Crippen molar-refractivity contribution in [1.82, 2.24) is 15.2 Å². The number of hydrogen-bond donors (Lipinski definition) is 1. The van der Waals surface area contributed by atoms with E-state index < -0.39 is 5.41 Å². The number of amides is 2. The maximum Gasteiger partial charge on any atom is 0.253 e. The lowest BCUT2D eigenvalue weighted by atomic mass is 9.93. The first-order valence-electron chi connectivity index (χ1n) is 9.35. The largest absolute Gasteiger partial charge is 0.349 e. The Morgan fingerprint density at radius 2 is 1.81 bits per heavy atom. The molecule has 2 fully saturated rings. The minimum atomic E-state index is -0.473. The van der Waals surface area contributed by atoms with Gasteiger partial charge in [0.15, 0.2) is 0 Å². The molecule has 0 radical (unpaired) electrons. The summed E-state index contributed by atoms with van der Waals surface area (Å²) in [6.45, 7) is 1.25. The molecule has 1 aliphatic heterocycles. The molecule has 140 valence electrons. The van der Waals surface area contributed by atoms with E-state index in [1.165, 1.54) is 12.1 Å². The van der Waals surface area contributed by atoms with Crippen molar-refractivity contribution in [3.8, 4) is 0 Å². The summed E-state index contributed by atoms with van der Waals surface area (Å²) in [5, 5.41) is 3.03. The van der Waals surface area contributed by atoms with E-state index in [0.717, 1.165) is 31.2 Å². The number of aromatic nitrogens is 1. The van der Waals surface area contributed by atoms with Gasteiger partial charge in [0, 0.05) is 31.5 Å². The molecular weight excluding hydrogens is 345 g/mol. The van der Waals surface area contributed by atoms with Gasteiger partial charge in [-0.05, 0) is 55.5 Å². The number of nitrogens with zero attached hydrogens (tertiary/aromatic N) is 2. The molecule has 0 bridgehead atoms. The van der Waals surface area contributed by atoms with Gasteiger partial charge in [-0.15, -0.1) is 0 Å². The Hall–Kier alpha value is -2.76. The van der Waals surface area contributed by atoms with Gasteiger partial charge in [0.25, 0.3) is 5.91 Å². The third kappa shape index (κ3) is 3.56. The first-order valence-corrected chi connectivity index (χ1v) is 9.35. The van der Waals surface area contributed by atoms with Crippen LogP contribution >= 0.6 is 0 Å². The van der Waals surface area contributed by atoms with E-state index in [9.17, 15) is 14.0 Å². The zero-order valence-electron chi connectivity index (χ0n) is 15.0. The summed E-state index contributed by atoms with van der Waals surface area (Å²) in [7, 11) is 0. The number of nitrogens with one attached hydrogen (secondary N) is 1. The van der Waals surface area contributed by atoms with Crippen molar-refractivity contribution in [2.24, 2.45) is 0 Å². The molecule has 1 saturated carbocycles. The quantitative estimate of drug-likeness (QED) is 0.904. The van der Waals surface area contributed by atoms with Crippen molar-refractivity contribution in [2.75, 3.05) is 13.1 Å². The molecule has 0 spiro atoms. The average Bonchev–Trinajstić information content (AvgIpc) is 3.51. The number of pyridine rings is 1. The molecule has 2 amide bonds. The number of rotatable bonds is 4. The Bertz CT molecular complexity index is 826. The van der Waals surface area contributed by atoms with Gasteiger partial charge in [-0.25, -0.2) is 4.39 Å². The second kappa shape index (κ2) is 7.10. The number of benzene rings is 1. The van der Waals surface area contributed by atoms with Crippen LogP contribution in [0.3, 0.4) is 0 Å². The number of halogens is 1. The molecule has 2 aliphatic rings. The predicted molar refractivity (Wildman–Crippen MR) is 98.6 cm³/mol. The highest BCUT2D eigenvalue weighted by molar-refractivity contribution is 5.94. The molecule has 27 heavy (non-hydrogen) atoms. The topological polar surface area (TPSA) is 62.3 Å². The van der Waals surface area contributed by atoms with Gasteiger partial charge in [0.05, 0.1) is 11.0 Å². The molecular formula is C21H22FN3O2. The van der Waals surface area contributed by atoms with E-state index >= 15 is 0 Å². The van der Waals surface area contributed by atoms with Gasteiger partial charge in [-0.3, -0.25) is 14.6 Å². The lowest BCUT2D eigenvalue weighted by Gasteiger charge is -2.35. The Labute approximate surface area is 157 Å². The molecule has 2 heterocycles. The van der Waals surface area contributed by atoms with E-state index in [1.54, 1.807) is 36.7 Å². The normalized spacial score (nSPS) is 18.8.